The Morgan fingerprint density at radius 3 is 0.333 bits per heavy atom. The van der Waals surface area contributed by atoms with Gasteiger partial charge in [0.25, 0.3) is 0 Å². The van der Waals surface area contributed by atoms with Crippen molar-refractivity contribution in [3.05, 3.63) is 0 Å². The summed E-state index contributed by atoms with van der Waals surface area (Å²) in [4.78, 5) is 0. The third-order valence-electron chi connectivity index (χ3n) is 0. The van der Waals surface area contributed by atoms with Gasteiger partial charge in [-0.05, 0) is 0 Å². The van der Waals surface area contributed by atoms with Crippen LogP contribution in [0.2, 0.25) is 0 Å². The molecule has 0 bridgehead atoms. The molecule has 0 saturated carbocycles. The van der Waals surface area contributed by atoms with Crippen LogP contribution in [0.25, 0.3) is 0 Å². The summed E-state index contributed by atoms with van der Waals surface area (Å²) in [5.74, 6) is 0. The standard InChI is InChI=1S/4C2H6O/c4*1-3-2/h4*1-2H3. The summed E-state index contributed by atoms with van der Waals surface area (Å²) in [7, 11) is 13.0. The molecule has 0 atom stereocenters. The van der Waals surface area contributed by atoms with Crippen molar-refractivity contribution in [1.82, 2.24) is 0 Å². The van der Waals surface area contributed by atoms with E-state index in [0.717, 1.165) is 0 Å². The van der Waals surface area contributed by atoms with E-state index < -0.39 is 0 Å². The molecule has 0 radical (unpaired) electrons. The van der Waals surface area contributed by atoms with Crippen LogP contribution < -0.4 is 0 Å². The second-order valence-corrected chi connectivity index (χ2v) is 1.63. The second kappa shape index (κ2) is 71.2. The molecular formula is C8H24O4. The molecule has 0 rings (SSSR count). The monoisotopic (exact) mass is 184 g/mol. The minimum Gasteiger partial charge on any atom is -0.388 e. The van der Waals surface area contributed by atoms with Crippen molar-refractivity contribution in [2.24, 2.45) is 0 Å². The first-order valence-corrected chi connectivity index (χ1v) is 3.27. The van der Waals surface area contributed by atoms with E-state index >= 15 is 0 Å². The topological polar surface area (TPSA) is 36.9 Å². The van der Waals surface area contributed by atoms with Gasteiger partial charge < -0.3 is 18.9 Å². The van der Waals surface area contributed by atoms with Gasteiger partial charge in [0, 0.05) is 56.9 Å². The van der Waals surface area contributed by atoms with Crippen LogP contribution in [0.15, 0.2) is 0 Å². The lowest BCUT2D eigenvalue weighted by Crippen LogP contribution is -1.55. The lowest BCUT2D eigenvalue weighted by Gasteiger charge is -1.61. The smallest absolute Gasteiger partial charge is 0.0351 e. The Labute approximate surface area is 76.8 Å². The molecule has 0 N–H and O–H groups in total. The van der Waals surface area contributed by atoms with E-state index in [1.54, 1.807) is 56.9 Å². The van der Waals surface area contributed by atoms with Gasteiger partial charge in [0.15, 0.2) is 0 Å². The van der Waals surface area contributed by atoms with E-state index in [2.05, 4.69) is 18.9 Å². The van der Waals surface area contributed by atoms with Crippen LogP contribution in [0.5, 0.6) is 0 Å². The zero-order valence-electron chi connectivity index (χ0n) is 9.63. The molecule has 0 aromatic heterocycles. The number of ether oxygens (including phenoxy) is 4. The zero-order chi connectivity index (χ0) is 10.8. The van der Waals surface area contributed by atoms with E-state index in [0.29, 0.717) is 0 Å². The van der Waals surface area contributed by atoms with Gasteiger partial charge in [0.1, 0.15) is 0 Å². The molecule has 0 spiro atoms. The molecule has 4 heteroatoms. The minimum absolute atomic E-state index is 1.62. The molecule has 0 aromatic carbocycles. The van der Waals surface area contributed by atoms with Crippen LogP contribution in [0.3, 0.4) is 0 Å². The van der Waals surface area contributed by atoms with Gasteiger partial charge in [0.05, 0.1) is 0 Å². The molecule has 0 saturated heterocycles. The summed E-state index contributed by atoms with van der Waals surface area (Å²) in [6.07, 6.45) is 0. The van der Waals surface area contributed by atoms with Gasteiger partial charge in [-0.3, -0.25) is 0 Å². The molecule has 0 amide bonds. The van der Waals surface area contributed by atoms with Crippen molar-refractivity contribution in [2.75, 3.05) is 56.9 Å². The van der Waals surface area contributed by atoms with Crippen molar-refractivity contribution >= 4 is 0 Å². The maximum atomic E-state index is 4.25. The summed E-state index contributed by atoms with van der Waals surface area (Å²) in [5.41, 5.74) is 0. The van der Waals surface area contributed by atoms with E-state index in [4.69, 9.17) is 0 Å². The average molecular weight is 184 g/mol. The Balaban J connectivity index is -0.0000000356. The van der Waals surface area contributed by atoms with Crippen LogP contribution in [0, 0.1) is 0 Å². The van der Waals surface area contributed by atoms with Crippen LogP contribution in [0.4, 0.5) is 0 Å². The maximum Gasteiger partial charge on any atom is 0.0351 e. The summed E-state index contributed by atoms with van der Waals surface area (Å²) in [5, 5.41) is 0. The van der Waals surface area contributed by atoms with Crippen molar-refractivity contribution in [1.29, 1.82) is 0 Å². The Morgan fingerprint density at radius 2 is 0.333 bits per heavy atom. The fourth-order valence-electron chi connectivity index (χ4n) is 0. The summed E-state index contributed by atoms with van der Waals surface area (Å²) < 4.78 is 17.0. The fraction of sp³-hybridized carbons (Fsp3) is 1.00. The van der Waals surface area contributed by atoms with E-state index in [1.165, 1.54) is 0 Å². The van der Waals surface area contributed by atoms with Crippen LogP contribution in [-0.2, 0) is 18.9 Å². The molecule has 0 aliphatic heterocycles. The fourth-order valence-corrected chi connectivity index (χ4v) is 0. The molecule has 0 aliphatic carbocycles. The molecule has 0 heterocycles. The summed E-state index contributed by atoms with van der Waals surface area (Å²) in [6, 6.07) is 0. The average Bonchev–Trinajstić information content (AvgIpc) is 1.92. The van der Waals surface area contributed by atoms with Crippen molar-refractivity contribution in [3.8, 4) is 0 Å². The molecule has 80 valence electrons. The molecule has 4 nitrogen and oxygen atoms in total. The highest BCUT2D eigenvalue weighted by Gasteiger charge is 1.26. The second-order valence-electron chi connectivity index (χ2n) is 1.63. The number of rotatable bonds is 0. The van der Waals surface area contributed by atoms with Gasteiger partial charge in [-0.1, -0.05) is 0 Å². The molecule has 0 aromatic rings. The Morgan fingerprint density at radius 1 is 0.333 bits per heavy atom. The van der Waals surface area contributed by atoms with E-state index in [9.17, 15) is 0 Å². The van der Waals surface area contributed by atoms with E-state index in [-0.39, 0.29) is 0 Å². The number of hydrogen-bond acceptors (Lipinski definition) is 4. The van der Waals surface area contributed by atoms with E-state index in [1.807, 2.05) is 0 Å². The normalized spacial score (nSPS) is 6.00. The highest BCUT2D eigenvalue weighted by Crippen LogP contribution is 1.29. The largest absolute Gasteiger partial charge is 0.388 e. The molecule has 12 heavy (non-hydrogen) atoms. The Bertz CT molecular complexity index is 19.0. The third-order valence-corrected chi connectivity index (χ3v) is 0. The first-order chi connectivity index (χ1) is 5.66. The van der Waals surface area contributed by atoms with Crippen molar-refractivity contribution in [3.63, 3.8) is 0 Å². The molecular weight excluding hydrogens is 160 g/mol. The predicted molar refractivity (Wildman–Crippen MR) is 51.7 cm³/mol. The van der Waals surface area contributed by atoms with Gasteiger partial charge in [-0.15, -0.1) is 0 Å². The summed E-state index contributed by atoms with van der Waals surface area (Å²) in [6.45, 7) is 0. The molecule has 0 fully saturated rings. The molecule has 0 aliphatic rings. The Kier molecular flexibility index (Phi) is 134. The van der Waals surface area contributed by atoms with Crippen LogP contribution in [-0.4, -0.2) is 56.9 Å². The van der Waals surface area contributed by atoms with Crippen LogP contribution in [0.1, 0.15) is 0 Å². The number of methoxy groups -OCH3 is 4. The predicted octanol–water partition coefficient (Wildman–Crippen LogP) is 1.05. The SMILES string of the molecule is COC.COC.COC.COC. The zero-order valence-corrected chi connectivity index (χ0v) is 9.63. The Hall–Kier alpha value is -0.160. The lowest BCUT2D eigenvalue weighted by molar-refractivity contribution is 0.277. The van der Waals surface area contributed by atoms with Crippen LogP contribution >= 0.6 is 0 Å². The quantitative estimate of drug-likeness (QED) is 0.564. The van der Waals surface area contributed by atoms with Gasteiger partial charge >= 0.3 is 0 Å². The minimum atomic E-state index is 1.62. The third kappa shape index (κ3) is 30000. The first kappa shape index (κ1) is 22.6. The molecule has 0 unspecified atom stereocenters. The maximum absolute atomic E-state index is 4.25. The van der Waals surface area contributed by atoms with Gasteiger partial charge in [-0.25, -0.2) is 0 Å². The lowest BCUT2D eigenvalue weighted by atomic mass is 11.6. The number of hydrogen-bond donors (Lipinski definition) is 0. The van der Waals surface area contributed by atoms with Crippen molar-refractivity contribution < 1.29 is 18.9 Å². The summed E-state index contributed by atoms with van der Waals surface area (Å²) >= 11 is 0. The van der Waals surface area contributed by atoms with Gasteiger partial charge in [-0.2, -0.15) is 0 Å². The first-order valence-electron chi connectivity index (χ1n) is 3.27. The highest BCUT2D eigenvalue weighted by atomic mass is 16.5. The highest BCUT2D eigenvalue weighted by molar-refractivity contribution is 3.57. The van der Waals surface area contributed by atoms with Crippen molar-refractivity contribution in [2.45, 2.75) is 0 Å². The van der Waals surface area contributed by atoms with Gasteiger partial charge in [0.2, 0.25) is 0 Å².